The zero-order valence-corrected chi connectivity index (χ0v) is 8.66. The highest BCUT2D eigenvalue weighted by atomic mass is 16.5. The topological polar surface area (TPSA) is 41.5 Å². The average Bonchev–Trinajstić information content (AvgIpc) is 2.26. The van der Waals surface area contributed by atoms with Crippen LogP contribution < -0.4 is 10.1 Å². The van der Waals surface area contributed by atoms with Crippen LogP contribution in [0, 0.1) is 0 Å². The molecule has 1 aromatic rings. The van der Waals surface area contributed by atoms with Crippen molar-refractivity contribution < 1.29 is 9.84 Å². The van der Waals surface area contributed by atoms with E-state index in [2.05, 4.69) is 12.2 Å². The van der Waals surface area contributed by atoms with Gasteiger partial charge in [-0.05, 0) is 24.6 Å². The van der Waals surface area contributed by atoms with Crippen LogP contribution in [-0.2, 0) is 0 Å². The summed E-state index contributed by atoms with van der Waals surface area (Å²) in [5.41, 5.74) is 1.19. The Balaban J connectivity index is 2.57. The zero-order valence-electron chi connectivity index (χ0n) is 8.66. The zero-order chi connectivity index (χ0) is 10.4. The molecule has 0 aliphatic heterocycles. The Morgan fingerprint density at radius 3 is 2.50 bits per heavy atom. The van der Waals surface area contributed by atoms with Crippen LogP contribution in [-0.4, -0.2) is 25.4 Å². The van der Waals surface area contributed by atoms with E-state index in [1.165, 1.54) is 5.56 Å². The highest BCUT2D eigenvalue weighted by Crippen LogP contribution is 2.16. The van der Waals surface area contributed by atoms with Crippen molar-refractivity contribution in [3.8, 4) is 5.75 Å². The van der Waals surface area contributed by atoms with Crippen molar-refractivity contribution in [1.29, 1.82) is 0 Å². The average molecular weight is 195 g/mol. The minimum atomic E-state index is 0.167. The summed E-state index contributed by atoms with van der Waals surface area (Å²) in [5, 5.41) is 11.9. The van der Waals surface area contributed by atoms with E-state index in [9.17, 15) is 0 Å². The molecule has 1 atom stereocenters. The molecule has 0 aliphatic rings. The molecule has 0 aliphatic carbocycles. The second-order valence-corrected chi connectivity index (χ2v) is 3.17. The summed E-state index contributed by atoms with van der Waals surface area (Å²) in [6.07, 6.45) is 0. The summed E-state index contributed by atoms with van der Waals surface area (Å²) in [6.45, 7) is 2.85. The number of hydrogen-bond donors (Lipinski definition) is 2. The molecule has 3 nitrogen and oxygen atoms in total. The van der Waals surface area contributed by atoms with E-state index in [-0.39, 0.29) is 12.6 Å². The van der Waals surface area contributed by atoms with E-state index >= 15 is 0 Å². The maximum absolute atomic E-state index is 8.66. The molecule has 0 spiro atoms. The monoisotopic (exact) mass is 195 g/mol. The second-order valence-electron chi connectivity index (χ2n) is 3.17. The van der Waals surface area contributed by atoms with Gasteiger partial charge in [-0.15, -0.1) is 0 Å². The maximum Gasteiger partial charge on any atom is 0.118 e. The third kappa shape index (κ3) is 3.01. The molecule has 2 N–H and O–H groups in total. The number of aliphatic hydroxyl groups excluding tert-OH is 1. The van der Waals surface area contributed by atoms with Gasteiger partial charge in [-0.25, -0.2) is 0 Å². The molecule has 0 radical (unpaired) electrons. The molecule has 78 valence electrons. The summed E-state index contributed by atoms with van der Waals surface area (Å²) in [5.74, 6) is 0.864. The smallest absolute Gasteiger partial charge is 0.118 e. The number of rotatable bonds is 5. The van der Waals surface area contributed by atoms with Gasteiger partial charge in [-0.3, -0.25) is 0 Å². The van der Waals surface area contributed by atoms with Gasteiger partial charge in [0.05, 0.1) is 13.7 Å². The lowest BCUT2D eigenvalue weighted by Crippen LogP contribution is -2.21. The van der Waals surface area contributed by atoms with Crippen molar-refractivity contribution in [2.75, 3.05) is 20.3 Å². The first-order chi connectivity index (χ1) is 6.77. The molecular weight excluding hydrogens is 178 g/mol. The summed E-state index contributed by atoms with van der Waals surface area (Å²) in [4.78, 5) is 0. The number of aliphatic hydroxyl groups is 1. The lowest BCUT2D eigenvalue weighted by Gasteiger charge is -2.13. The SMILES string of the molecule is COc1ccc(C(C)NCCO)cc1. The highest BCUT2D eigenvalue weighted by molar-refractivity contribution is 5.28. The lowest BCUT2D eigenvalue weighted by atomic mass is 10.1. The van der Waals surface area contributed by atoms with Crippen LogP contribution in [0.3, 0.4) is 0 Å². The molecule has 0 bridgehead atoms. The van der Waals surface area contributed by atoms with Gasteiger partial charge in [0.25, 0.3) is 0 Å². The van der Waals surface area contributed by atoms with Gasteiger partial charge >= 0.3 is 0 Å². The highest BCUT2D eigenvalue weighted by Gasteiger charge is 2.03. The Morgan fingerprint density at radius 2 is 2.00 bits per heavy atom. The molecule has 0 aromatic heterocycles. The molecule has 1 rings (SSSR count). The van der Waals surface area contributed by atoms with Crippen LogP contribution in [0.1, 0.15) is 18.5 Å². The summed E-state index contributed by atoms with van der Waals surface area (Å²) >= 11 is 0. The normalized spacial score (nSPS) is 12.5. The van der Waals surface area contributed by atoms with Gasteiger partial charge < -0.3 is 15.2 Å². The van der Waals surface area contributed by atoms with Crippen LogP contribution in [0.4, 0.5) is 0 Å². The Labute approximate surface area is 84.7 Å². The van der Waals surface area contributed by atoms with Crippen LogP contribution >= 0.6 is 0 Å². The van der Waals surface area contributed by atoms with Gasteiger partial charge in [0.1, 0.15) is 5.75 Å². The molecule has 0 fully saturated rings. The number of nitrogens with one attached hydrogen (secondary N) is 1. The molecule has 14 heavy (non-hydrogen) atoms. The van der Waals surface area contributed by atoms with Gasteiger partial charge in [-0.1, -0.05) is 12.1 Å². The number of ether oxygens (including phenoxy) is 1. The molecule has 0 saturated carbocycles. The fourth-order valence-corrected chi connectivity index (χ4v) is 1.29. The van der Waals surface area contributed by atoms with Gasteiger partial charge in [0.15, 0.2) is 0 Å². The molecular formula is C11H17NO2. The van der Waals surface area contributed by atoms with Crippen molar-refractivity contribution in [1.82, 2.24) is 5.32 Å². The van der Waals surface area contributed by atoms with E-state index in [0.29, 0.717) is 6.54 Å². The van der Waals surface area contributed by atoms with Gasteiger partial charge in [-0.2, -0.15) is 0 Å². The summed E-state index contributed by atoms with van der Waals surface area (Å²) in [6, 6.07) is 8.17. The minimum absolute atomic E-state index is 0.167. The molecule has 0 heterocycles. The minimum Gasteiger partial charge on any atom is -0.497 e. The number of hydrogen-bond acceptors (Lipinski definition) is 3. The lowest BCUT2D eigenvalue weighted by molar-refractivity contribution is 0.286. The summed E-state index contributed by atoms with van der Waals surface area (Å²) in [7, 11) is 1.66. The Kier molecular flexibility index (Phi) is 4.43. The van der Waals surface area contributed by atoms with Crippen LogP contribution in [0.15, 0.2) is 24.3 Å². The molecule has 0 saturated heterocycles. The van der Waals surface area contributed by atoms with Crippen molar-refractivity contribution in [2.24, 2.45) is 0 Å². The second kappa shape index (κ2) is 5.62. The molecule has 3 heteroatoms. The van der Waals surface area contributed by atoms with E-state index in [0.717, 1.165) is 5.75 Å². The number of benzene rings is 1. The molecule has 1 aromatic carbocycles. The predicted octanol–water partition coefficient (Wildman–Crippen LogP) is 1.34. The number of methoxy groups -OCH3 is 1. The third-order valence-electron chi connectivity index (χ3n) is 2.18. The van der Waals surface area contributed by atoms with E-state index in [1.807, 2.05) is 24.3 Å². The molecule has 0 amide bonds. The Morgan fingerprint density at radius 1 is 1.36 bits per heavy atom. The van der Waals surface area contributed by atoms with Gasteiger partial charge in [0.2, 0.25) is 0 Å². The maximum atomic E-state index is 8.66. The van der Waals surface area contributed by atoms with Crippen molar-refractivity contribution in [3.05, 3.63) is 29.8 Å². The first-order valence-electron chi connectivity index (χ1n) is 4.76. The predicted molar refractivity (Wildman–Crippen MR) is 56.5 cm³/mol. The van der Waals surface area contributed by atoms with Crippen LogP contribution in [0.5, 0.6) is 5.75 Å². The Hall–Kier alpha value is -1.06. The van der Waals surface area contributed by atoms with Crippen LogP contribution in [0.25, 0.3) is 0 Å². The fourth-order valence-electron chi connectivity index (χ4n) is 1.29. The first-order valence-corrected chi connectivity index (χ1v) is 4.76. The largest absolute Gasteiger partial charge is 0.497 e. The summed E-state index contributed by atoms with van der Waals surface area (Å²) < 4.78 is 5.07. The Bertz CT molecular complexity index is 258. The van der Waals surface area contributed by atoms with E-state index < -0.39 is 0 Å². The fraction of sp³-hybridized carbons (Fsp3) is 0.455. The quantitative estimate of drug-likeness (QED) is 0.745. The van der Waals surface area contributed by atoms with Crippen LogP contribution in [0.2, 0.25) is 0 Å². The van der Waals surface area contributed by atoms with Gasteiger partial charge in [0, 0.05) is 12.6 Å². The third-order valence-corrected chi connectivity index (χ3v) is 2.18. The van der Waals surface area contributed by atoms with Crippen molar-refractivity contribution in [2.45, 2.75) is 13.0 Å². The molecule has 1 unspecified atom stereocenters. The first kappa shape index (κ1) is 11.0. The van der Waals surface area contributed by atoms with Crippen molar-refractivity contribution in [3.63, 3.8) is 0 Å². The van der Waals surface area contributed by atoms with Crippen molar-refractivity contribution >= 4 is 0 Å². The van der Waals surface area contributed by atoms with E-state index in [4.69, 9.17) is 9.84 Å². The standard InChI is InChI=1S/C11H17NO2/c1-9(12-7-8-13)10-3-5-11(14-2)6-4-10/h3-6,9,12-13H,7-8H2,1-2H3. The van der Waals surface area contributed by atoms with E-state index in [1.54, 1.807) is 7.11 Å².